The van der Waals surface area contributed by atoms with Crippen molar-refractivity contribution in [3.63, 3.8) is 0 Å². The van der Waals surface area contributed by atoms with Crippen molar-refractivity contribution in [3.05, 3.63) is 33.3 Å². The van der Waals surface area contributed by atoms with E-state index in [0.717, 1.165) is 41.5 Å². The lowest BCUT2D eigenvalue weighted by molar-refractivity contribution is 0.163. The normalized spacial score (nSPS) is 20.1. The molecule has 19 heavy (non-hydrogen) atoms. The van der Waals surface area contributed by atoms with Gasteiger partial charge < -0.3 is 5.73 Å². The van der Waals surface area contributed by atoms with E-state index in [4.69, 9.17) is 17.3 Å². The monoisotopic (exact) mass is 366 g/mol. The molecule has 1 aromatic rings. The van der Waals surface area contributed by atoms with Gasteiger partial charge in [0.05, 0.1) is 0 Å². The third-order valence-electron chi connectivity index (χ3n) is 3.59. The van der Waals surface area contributed by atoms with Crippen LogP contribution in [-0.4, -0.2) is 24.5 Å². The Balaban J connectivity index is 0.00000180. The average Bonchev–Trinajstić information content (AvgIpc) is 2.34. The van der Waals surface area contributed by atoms with Crippen LogP contribution in [0.1, 0.15) is 24.8 Å². The van der Waals surface area contributed by atoms with Crippen LogP contribution in [0.5, 0.6) is 0 Å². The van der Waals surface area contributed by atoms with Gasteiger partial charge in [-0.2, -0.15) is 0 Å². The maximum absolute atomic E-state index is 6.27. The first-order chi connectivity index (χ1) is 8.69. The molecule has 1 saturated heterocycles. The van der Waals surface area contributed by atoms with E-state index in [1.165, 1.54) is 24.9 Å². The third-order valence-corrected chi connectivity index (χ3v) is 4.43. The van der Waals surface area contributed by atoms with Crippen molar-refractivity contribution < 1.29 is 0 Å². The average molecular weight is 368 g/mol. The molecular weight excluding hydrogens is 347 g/mol. The first-order valence-corrected chi connectivity index (χ1v) is 7.72. The maximum atomic E-state index is 6.27. The Morgan fingerprint density at radius 1 is 1.42 bits per heavy atom. The highest BCUT2D eigenvalue weighted by Crippen LogP contribution is 2.25. The van der Waals surface area contributed by atoms with Gasteiger partial charge in [-0.3, -0.25) is 4.90 Å². The van der Waals surface area contributed by atoms with Gasteiger partial charge in [0.15, 0.2) is 0 Å². The number of nitrogens with zero attached hydrogens (tertiary/aromatic N) is 1. The van der Waals surface area contributed by atoms with E-state index < -0.39 is 0 Å². The van der Waals surface area contributed by atoms with E-state index in [1.54, 1.807) is 0 Å². The summed E-state index contributed by atoms with van der Waals surface area (Å²) >= 11 is 9.71. The van der Waals surface area contributed by atoms with Crippen molar-refractivity contribution in [2.45, 2.75) is 25.8 Å². The zero-order valence-electron chi connectivity index (χ0n) is 10.9. The first-order valence-electron chi connectivity index (χ1n) is 6.55. The van der Waals surface area contributed by atoms with E-state index in [2.05, 4.69) is 33.0 Å². The van der Waals surface area contributed by atoms with E-state index in [1.807, 2.05) is 6.07 Å². The Morgan fingerprint density at radius 2 is 2.21 bits per heavy atom. The Morgan fingerprint density at radius 3 is 2.89 bits per heavy atom. The molecule has 2 N–H and O–H groups in total. The fourth-order valence-electron chi connectivity index (χ4n) is 2.66. The summed E-state index contributed by atoms with van der Waals surface area (Å²) in [5.74, 6) is 0.762. The number of hydrogen-bond donors (Lipinski definition) is 1. The van der Waals surface area contributed by atoms with Crippen molar-refractivity contribution in [3.8, 4) is 0 Å². The van der Waals surface area contributed by atoms with Crippen molar-refractivity contribution in [2.24, 2.45) is 11.7 Å². The lowest BCUT2D eigenvalue weighted by Gasteiger charge is -2.32. The zero-order valence-corrected chi connectivity index (χ0v) is 14.1. The predicted octanol–water partition coefficient (Wildman–Crippen LogP) is 4.09. The number of halogens is 3. The highest BCUT2D eigenvalue weighted by Gasteiger charge is 2.19. The molecule has 1 aliphatic rings. The van der Waals surface area contributed by atoms with Crippen molar-refractivity contribution in [1.29, 1.82) is 0 Å². The Kier molecular flexibility index (Phi) is 7.70. The van der Waals surface area contributed by atoms with E-state index >= 15 is 0 Å². The SMILES string of the molecule is Cl.NCCC1CCCN(Cc2ccc(Br)cc2Cl)C1. The van der Waals surface area contributed by atoms with Crippen molar-refractivity contribution in [2.75, 3.05) is 19.6 Å². The van der Waals surface area contributed by atoms with Crippen LogP contribution in [0.3, 0.4) is 0 Å². The van der Waals surface area contributed by atoms with Crippen LogP contribution in [0.15, 0.2) is 22.7 Å². The molecular formula is C14H21BrCl2N2. The molecule has 5 heteroatoms. The van der Waals surface area contributed by atoms with Gasteiger partial charge in [-0.25, -0.2) is 0 Å². The summed E-state index contributed by atoms with van der Waals surface area (Å²) in [4.78, 5) is 2.50. The second kappa shape index (κ2) is 8.48. The molecule has 0 bridgehead atoms. The maximum Gasteiger partial charge on any atom is 0.0462 e. The van der Waals surface area contributed by atoms with Gasteiger partial charge in [0.1, 0.15) is 0 Å². The number of piperidine rings is 1. The van der Waals surface area contributed by atoms with Crippen LogP contribution in [0.25, 0.3) is 0 Å². The van der Waals surface area contributed by atoms with E-state index in [-0.39, 0.29) is 12.4 Å². The van der Waals surface area contributed by atoms with Gasteiger partial charge in [0.2, 0.25) is 0 Å². The van der Waals surface area contributed by atoms with E-state index in [9.17, 15) is 0 Å². The summed E-state index contributed by atoms with van der Waals surface area (Å²) in [6.07, 6.45) is 3.74. The van der Waals surface area contributed by atoms with Gasteiger partial charge in [0, 0.05) is 22.6 Å². The van der Waals surface area contributed by atoms with Gasteiger partial charge in [0.25, 0.3) is 0 Å². The van der Waals surface area contributed by atoms with Gasteiger partial charge in [-0.15, -0.1) is 12.4 Å². The summed E-state index contributed by atoms with van der Waals surface area (Å²) in [6.45, 7) is 4.09. The number of rotatable bonds is 4. The molecule has 1 aliphatic heterocycles. The molecule has 1 fully saturated rings. The number of likely N-dealkylation sites (tertiary alicyclic amines) is 1. The molecule has 1 atom stereocenters. The number of hydrogen-bond acceptors (Lipinski definition) is 2. The molecule has 0 spiro atoms. The summed E-state index contributed by atoms with van der Waals surface area (Å²) < 4.78 is 1.04. The molecule has 0 amide bonds. The molecule has 0 aliphatic carbocycles. The minimum atomic E-state index is 0. The third kappa shape index (κ3) is 5.24. The lowest BCUT2D eigenvalue weighted by atomic mass is 9.94. The molecule has 2 rings (SSSR count). The van der Waals surface area contributed by atoms with Crippen LogP contribution in [-0.2, 0) is 6.54 Å². The number of nitrogens with two attached hydrogens (primary N) is 1. The minimum Gasteiger partial charge on any atom is -0.330 e. The predicted molar refractivity (Wildman–Crippen MR) is 88.1 cm³/mol. The molecule has 108 valence electrons. The molecule has 0 radical (unpaired) electrons. The van der Waals surface area contributed by atoms with Crippen molar-refractivity contribution in [1.82, 2.24) is 4.90 Å². The Hall–Kier alpha value is 0.200. The highest BCUT2D eigenvalue weighted by molar-refractivity contribution is 9.10. The summed E-state index contributed by atoms with van der Waals surface area (Å²) in [6, 6.07) is 6.14. The smallest absolute Gasteiger partial charge is 0.0462 e. The first kappa shape index (κ1) is 17.3. The second-order valence-corrected chi connectivity index (χ2v) is 6.38. The lowest BCUT2D eigenvalue weighted by Crippen LogP contribution is -2.35. The summed E-state index contributed by atoms with van der Waals surface area (Å²) in [5, 5.41) is 0.852. The van der Waals surface area contributed by atoms with Gasteiger partial charge >= 0.3 is 0 Å². The topological polar surface area (TPSA) is 29.3 Å². The molecule has 1 aromatic carbocycles. The Bertz CT molecular complexity index is 399. The fourth-order valence-corrected chi connectivity index (χ4v) is 3.39. The standard InChI is InChI=1S/C14H20BrClN2.ClH/c15-13-4-3-12(14(16)8-13)10-18-7-1-2-11(9-18)5-6-17;/h3-4,8,11H,1-2,5-7,9-10,17H2;1H. The quantitative estimate of drug-likeness (QED) is 0.868. The van der Waals surface area contributed by atoms with Crippen LogP contribution < -0.4 is 5.73 Å². The zero-order chi connectivity index (χ0) is 13.0. The van der Waals surface area contributed by atoms with E-state index in [0.29, 0.717) is 0 Å². The summed E-state index contributed by atoms with van der Waals surface area (Å²) in [7, 11) is 0. The van der Waals surface area contributed by atoms with Crippen LogP contribution in [0.2, 0.25) is 5.02 Å². The molecule has 1 heterocycles. The largest absolute Gasteiger partial charge is 0.330 e. The fraction of sp³-hybridized carbons (Fsp3) is 0.571. The molecule has 0 saturated carbocycles. The summed E-state index contributed by atoms with van der Waals surface area (Å²) in [5.41, 5.74) is 6.87. The molecule has 1 unspecified atom stereocenters. The van der Waals surface area contributed by atoms with Gasteiger partial charge in [-0.1, -0.05) is 33.6 Å². The number of benzene rings is 1. The molecule has 0 aromatic heterocycles. The Labute approximate surface area is 135 Å². The van der Waals surface area contributed by atoms with Crippen LogP contribution >= 0.6 is 39.9 Å². The highest BCUT2D eigenvalue weighted by atomic mass is 79.9. The molecule has 2 nitrogen and oxygen atoms in total. The second-order valence-electron chi connectivity index (χ2n) is 5.06. The van der Waals surface area contributed by atoms with Crippen LogP contribution in [0.4, 0.5) is 0 Å². The minimum absolute atomic E-state index is 0. The van der Waals surface area contributed by atoms with Crippen molar-refractivity contribution >= 4 is 39.9 Å². The van der Waals surface area contributed by atoms with Crippen LogP contribution in [0, 0.1) is 5.92 Å². The van der Waals surface area contributed by atoms with Gasteiger partial charge in [-0.05, 0) is 56.0 Å².